The highest BCUT2D eigenvalue weighted by Crippen LogP contribution is 2.22. The van der Waals surface area contributed by atoms with E-state index >= 15 is 0 Å². The Morgan fingerprint density at radius 1 is 1.03 bits per heavy atom. The number of methoxy groups -OCH3 is 1. The first-order valence-corrected chi connectivity index (χ1v) is 10.7. The van der Waals surface area contributed by atoms with Crippen LogP contribution in [-0.2, 0) is 19.4 Å². The number of hydrogen-bond donors (Lipinski definition) is 2. The van der Waals surface area contributed by atoms with Crippen molar-refractivity contribution in [2.45, 2.75) is 11.8 Å². The van der Waals surface area contributed by atoms with E-state index in [0.717, 1.165) is 6.26 Å². The third-order valence-electron chi connectivity index (χ3n) is 3.91. The molecule has 2 N–H and O–H groups in total. The van der Waals surface area contributed by atoms with E-state index in [2.05, 4.69) is 10.9 Å². The number of amides is 2. The number of aryl methyl sites for hydroxylation is 1. The molecule has 0 atom stereocenters. The van der Waals surface area contributed by atoms with Crippen LogP contribution in [0.25, 0.3) is 0 Å². The number of ether oxygens (including phenoxy) is 2. The molecule has 0 bridgehead atoms. The maximum atomic E-state index is 12.2. The number of halogens is 1. The van der Waals surface area contributed by atoms with Crippen LogP contribution < -0.4 is 15.6 Å². The van der Waals surface area contributed by atoms with Crippen molar-refractivity contribution in [2.75, 3.05) is 20.0 Å². The smallest absolute Gasteiger partial charge is 0.338 e. The summed E-state index contributed by atoms with van der Waals surface area (Å²) in [5.41, 5.74) is 4.84. The summed E-state index contributed by atoms with van der Waals surface area (Å²) >= 11 is 5.86. The van der Waals surface area contributed by atoms with Gasteiger partial charge in [-0.3, -0.25) is 20.4 Å². The van der Waals surface area contributed by atoms with Crippen molar-refractivity contribution >= 4 is 39.2 Å². The van der Waals surface area contributed by atoms with Gasteiger partial charge in [0.15, 0.2) is 16.4 Å². The zero-order valence-corrected chi connectivity index (χ0v) is 17.9. The van der Waals surface area contributed by atoms with E-state index in [1.807, 2.05) is 0 Å². The lowest BCUT2D eigenvalue weighted by atomic mass is 10.1. The molecule has 0 unspecified atom stereocenters. The van der Waals surface area contributed by atoms with E-state index in [9.17, 15) is 22.8 Å². The summed E-state index contributed by atoms with van der Waals surface area (Å²) in [5.74, 6) is -2.13. The van der Waals surface area contributed by atoms with Crippen LogP contribution >= 0.6 is 11.6 Å². The zero-order valence-electron chi connectivity index (χ0n) is 16.3. The lowest BCUT2D eigenvalue weighted by molar-refractivity contribution is -0.125. The highest BCUT2D eigenvalue weighted by molar-refractivity contribution is 7.90. The van der Waals surface area contributed by atoms with E-state index in [1.165, 1.54) is 43.5 Å². The summed E-state index contributed by atoms with van der Waals surface area (Å²) in [6.07, 6.45) is 1.01. The molecule has 0 aliphatic carbocycles. The Labute approximate surface area is 178 Å². The quantitative estimate of drug-likeness (QED) is 0.502. The first kappa shape index (κ1) is 23.2. The molecule has 2 amide bonds. The number of rotatable bonds is 6. The molecule has 9 nitrogen and oxygen atoms in total. The molecule has 0 aliphatic rings. The number of benzene rings is 2. The van der Waals surface area contributed by atoms with Crippen molar-refractivity contribution in [2.24, 2.45) is 0 Å². The van der Waals surface area contributed by atoms with Crippen molar-refractivity contribution in [3.8, 4) is 5.75 Å². The highest BCUT2D eigenvalue weighted by Gasteiger charge is 2.18. The number of nitrogens with one attached hydrogen (secondary N) is 2. The van der Waals surface area contributed by atoms with Crippen molar-refractivity contribution in [3.63, 3.8) is 0 Å². The van der Waals surface area contributed by atoms with Gasteiger partial charge in [0, 0.05) is 11.3 Å². The number of carbonyl (C=O) groups is 3. The predicted molar refractivity (Wildman–Crippen MR) is 108 cm³/mol. The lowest BCUT2D eigenvalue weighted by Crippen LogP contribution is -2.43. The molecule has 11 heteroatoms. The Morgan fingerprint density at radius 2 is 1.73 bits per heavy atom. The van der Waals surface area contributed by atoms with Gasteiger partial charge < -0.3 is 9.47 Å². The molecule has 0 saturated carbocycles. The molecular formula is C19H19ClN2O7S. The lowest BCUT2D eigenvalue weighted by Gasteiger charge is -2.11. The average molecular weight is 455 g/mol. The van der Waals surface area contributed by atoms with Crippen molar-refractivity contribution in [1.82, 2.24) is 10.9 Å². The summed E-state index contributed by atoms with van der Waals surface area (Å²) in [4.78, 5) is 36.2. The largest absolute Gasteiger partial charge is 0.496 e. The Kier molecular flexibility index (Phi) is 7.41. The molecule has 0 heterocycles. The summed E-state index contributed by atoms with van der Waals surface area (Å²) < 4.78 is 33.2. The van der Waals surface area contributed by atoms with Gasteiger partial charge in [-0.2, -0.15) is 0 Å². The number of esters is 1. The monoisotopic (exact) mass is 454 g/mol. The molecule has 0 aliphatic heterocycles. The molecule has 2 rings (SSSR count). The van der Waals surface area contributed by atoms with Crippen LogP contribution in [-0.4, -0.2) is 46.2 Å². The van der Waals surface area contributed by atoms with E-state index in [1.54, 1.807) is 6.92 Å². The fourth-order valence-electron chi connectivity index (χ4n) is 2.35. The summed E-state index contributed by atoms with van der Waals surface area (Å²) in [6, 6.07) is 8.40. The third-order valence-corrected chi connectivity index (χ3v) is 5.26. The first-order chi connectivity index (χ1) is 14.0. The standard InChI is InChI=1S/C19H19ClN2O7S/c1-11-4-6-13(30(3,26)27)9-14(11)19(25)29-10-17(23)21-22-18(24)15-8-12(20)5-7-16(15)28-2/h4-9H,10H2,1-3H3,(H,21,23)(H,22,24). The van der Waals surface area contributed by atoms with Crippen LogP contribution in [0.4, 0.5) is 0 Å². The van der Waals surface area contributed by atoms with Gasteiger partial charge in [0.2, 0.25) is 0 Å². The maximum Gasteiger partial charge on any atom is 0.338 e. The molecule has 0 radical (unpaired) electrons. The van der Waals surface area contributed by atoms with E-state index in [4.69, 9.17) is 21.1 Å². The van der Waals surface area contributed by atoms with Gasteiger partial charge in [0.1, 0.15) is 5.75 Å². The minimum atomic E-state index is -3.51. The molecule has 0 fully saturated rings. The van der Waals surface area contributed by atoms with Crippen molar-refractivity contribution in [3.05, 3.63) is 58.1 Å². The minimum absolute atomic E-state index is 0.0124. The second-order valence-corrected chi connectivity index (χ2v) is 8.62. The van der Waals surface area contributed by atoms with Gasteiger partial charge in [0.25, 0.3) is 11.8 Å². The van der Waals surface area contributed by atoms with Crippen LogP contribution in [0.1, 0.15) is 26.3 Å². The first-order valence-electron chi connectivity index (χ1n) is 8.43. The number of carbonyl (C=O) groups excluding carboxylic acids is 3. The normalized spacial score (nSPS) is 10.8. The van der Waals surface area contributed by atoms with Gasteiger partial charge in [0.05, 0.1) is 23.1 Å². The van der Waals surface area contributed by atoms with Gasteiger partial charge in [-0.1, -0.05) is 17.7 Å². The Hall–Kier alpha value is -3.11. The van der Waals surface area contributed by atoms with E-state index in [-0.39, 0.29) is 21.8 Å². The second kappa shape index (κ2) is 9.59. The van der Waals surface area contributed by atoms with Gasteiger partial charge in [-0.25, -0.2) is 13.2 Å². The Morgan fingerprint density at radius 3 is 2.37 bits per heavy atom. The van der Waals surface area contributed by atoms with Gasteiger partial charge in [-0.15, -0.1) is 0 Å². The van der Waals surface area contributed by atoms with Crippen LogP contribution in [0.5, 0.6) is 5.75 Å². The van der Waals surface area contributed by atoms with Gasteiger partial charge in [-0.05, 0) is 42.8 Å². The molecule has 0 spiro atoms. The fraction of sp³-hybridized carbons (Fsp3) is 0.211. The van der Waals surface area contributed by atoms with E-state index < -0.39 is 34.2 Å². The highest BCUT2D eigenvalue weighted by atomic mass is 35.5. The van der Waals surface area contributed by atoms with Crippen LogP contribution in [0, 0.1) is 6.92 Å². The van der Waals surface area contributed by atoms with Crippen LogP contribution in [0.15, 0.2) is 41.3 Å². The van der Waals surface area contributed by atoms with Crippen LogP contribution in [0.2, 0.25) is 5.02 Å². The third kappa shape index (κ3) is 5.94. The topological polar surface area (TPSA) is 128 Å². The Bertz CT molecular complexity index is 1100. The molecular weight excluding hydrogens is 436 g/mol. The minimum Gasteiger partial charge on any atom is -0.496 e. The fourth-order valence-corrected chi connectivity index (χ4v) is 3.17. The van der Waals surface area contributed by atoms with Crippen molar-refractivity contribution < 1.29 is 32.3 Å². The molecule has 30 heavy (non-hydrogen) atoms. The molecule has 0 aromatic heterocycles. The predicted octanol–water partition coefficient (Wildman–Crippen LogP) is 1.68. The number of hydrazine groups is 1. The molecule has 0 saturated heterocycles. The second-order valence-electron chi connectivity index (χ2n) is 6.17. The summed E-state index contributed by atoms with van der Waals surface area (Å²) in [5, 5.41) is 0.299. The van der Waals surface area contributed by atoms with Gasteiger partial charge >= 0.3 is 5.97 Å². The summed E-state index contributed by atoms with van der Waals surface area (Å²) in [7, 11) is -2.14. The SMILES string of the molecule is COc1ccc(Cl)cc1C(=O)NNC(=O)COC(=O)c1cc(S(C)(=O)=O)ccc1C. The van der Waals surface area contributed by atoms with Crippen LogP contribution in [0.3, 0.4) is 0 Å². The maximum absolute atomic E-state index is 12.2. The number of sulfone groups is 1. The summed E-state index contributed by atoms with van der Waals surface area (Å²) in [6.45, 7) is 0.898. The number of hydrogen-bond acceptors (Lipinski definition) is 7. The zero-order chi connectivity index (χ0) is 22.5. The Balaban J connectivity index is 1.96. The molecule has 2 aromatic carbocycles. The van der Waals surface area contributed by atoms with Crippen molar-refractivity contribution in [1.29, 1.82) is 0 Å². The molecule has 2 aromatic rings. The average Bonchev–Trinajstić information content (AvgIpc) is 2.69. The van der Waals surface area contributed by atoms with E-state index in [0.29, 0.717) is 10.6 Å². The molecule has 160 valence electrons.